The molecule has 16 heavy (non-hydrogen) atoms. The van der Waals surface area contributed by atoms with Crippen molar-refractivity contribution in [3.63, 3.8) is 0 Å². The molecule has 2 saturated heterocycles. The SMILES string of the molecule is CC(C)CCN1CCNC2CS(=O)(=O)CC21. The third-order valence-corrected chi connectivity index (χ3v) is 5.31. The maximum atomic E-state index is 11.6. The Labute approximate surface area is 98.3 Å². The molecule has 0 spiro atoms. The predicted octanol–water partition coefficient (Wildman–Crippen LogP) is 0.103. The van der Waals surface area contributed by atoms with Crippen LogP contribution < -0.4 is 5.32 Å². The van der Waals surface area contributed by atoms with Crippen LogP contribution in [0.1, 0.15) is 20.3 Å². The fraction of sp³-hybridized carbons (Fsp3) is 1.00. The van der Waals surface area contributed by atoms with Gasteiger partial charge in [-0.25, -0.2) is 8.42 Å². The minimum absolute atomic E-state index is 0.172. The standard InChI is InChI=1S/C11H22N2O2S/c1-9(2)3-5-13-6-4-12-10-7-16(14,15)8-11(10)13/h9-12H,3-8H2,1-2H3. The number of piperazine rings is 1. The highest BCUT2D eigenvalue weighted by Gasteiger charge is 2.42. The van der Waals surface area contributed by atoms with Gasteiger partial charge in [0.2, 0.25) is 0 Å². The van der Waals surface area contributed by atoms with Crippen LogP contribution >= 0.6 is 0 Å². The first-order valence-corrected chi connectivity index (χ1v) is 7.98. The van der Waals surface area contributed by atoms with Crippen molar-refractivity contribution < 1.29 is 8.42 Å². The average molecular weight is 246 g/mol. The van der Waals surface area contributed by atoms with E-state index in [9.17, 15) is 8.42 Å². The van der Waals surface area contributed by atoms with Crippen molar-refractivity contribution in [3.8, 4) is 0 Å². The Morgan fingerprint density at radius 3 is 2.81 bits per heavy atom. The molecule has 0 bridgehead atoms. The highest BCUT2D eigenvalue weighted by Crippen LogP contribution is 2.21. The van der Waals surface area contributed by atoms with Crippen LogP contribution in [0, 0.1) is 5.92 Å². The fourth-order valence-electron chi connectivity index (χ4n) is 2.64. The van der Waals surface area contributed by atoms with E-state index in [1.54, 1.807) is 0 Å². The number of nitrogens with one attached hydrogen (secondary N) is 1. The molecule has 0 aromatic carbocycles. The summed E-state index contributed by atoms with van der Waals surface area (Å²) in [5.74, 6) is 1.37. The van der Waals surface area contributed by atoms with E-state index in [2.05, 4.69) is 24.1 Å². The summed E-state index contributed by atoms with van der Waals surface area (Å²) in [6.45, 7) is 7.38. The number of sulfone groups is 1. The number of rotatable bonds is 3. The van der Waals surface area contributed by atoms with Gasteiger partial charge in [0.15, 0.2) is 9.84 Å². The zero-order valence-electron chi connectivity index (χ0n) is 10.1. The molecule has 2 fully saturated rings. The monoisotopic (exact) mass is 246 g/mol. The Kier molecular flexibility index (Phi) is 3.56. The summed E-state index contributed by atoms with van der Waals surface area (Å²) in [6, 6.07) is 0.392. The maximum absolute atomic E-state index is 11.6. The third kappa shape index (κ3) is 2.76. The molecule has 94 valence electrons. The molecule has 2 rings (SSSR count). The second kappa shape index (κ2) is 4.63. The van der Waals surface area contributed by atoms with Crippen molar-refractivity contribution in [2.24, 2.45) is 5.92 Å². The molecular formula is C11H22N2O2S. The lowest BCUT2D eigenvalue weighted by Crippen LogP contribution is -2.57. The quantitative estimate of drug-likeness (QED) is 0.767. The summed E-state index contributed by atoms with van der Waals surface area (Å²) in [5.41, 5.74) is 0. The summed E-state index contributed by atoms with van der Waals surface area (Å²) in [5, 5.41) is 3.33. The van der Waals surface area contributed by atoms with Gasteiger partial charge in [-0.2, -0.15) is 0 Å². The zero-order chi connectivity index (χ0) is 11.8. The first kappa shape index (κ1) is 12.3. The molecule has 5 heteroatoms. The summed E-state index contributed by atoms with van der Waals surface area (Å²) < 4.78 is 23.2. The van der Waals surface area contributed by atoms with E-state index < -0.39 is 9.84 Å². The molecule has 0 aromatic heterocycles. The van der Waals surface area contributed by atoms with Gasteiger partial charge in [0.1, 0.15) is 0 Å². The van der Waals surface area contributed by atoms with Gasteiger partial charge in [0.25, 0.3) is 0 Å². The van der Waals surface area contributed by atoms with Crippen molar-refractivity contribution in [1.29, 1.82) is 0 Å². The Morgan fingerprint density at radius 1 is 1.38 bits per heavy atom. The smallest absolute Gasteiger partial charge is 0.153 e. The molecule has 4 nitrogen and oxygen atoms in total. The van der Waals surface area contributed by atoms with Gasteiger partial charge in [-0.05, 0) is 18.9 Å². The van der Waals surface area contributed by atoms with Gasteiger partial charge < -0.3 is 5.32 Å². The first-order valence-electron chi connectivity index (χ1n) is 6.16. The molecule has 0 saturated carbocycles. The van der Waals surface area contributed by atoms with Crippen molar-refractivity contribution in [1.82, 2.24) is 10.2 Å². The minimum atomic E-state index is -2.80. The van der Waals surface area contributed by atoms with Crippen LogP contribution in [0.4, 0.5) is 0 Å². The molecule has 2 unspecified atom stereocenters. The second-order valence-corrected chi connectivity index (χ2v) is 7.58. The lowest BCUT2D eigenvalue weighted by molar-refractivity contribution is 0.142. The predicted molar refractivity (Wildman–Crippen MR) is 65.3 cm³/mol. The van der Waals surface area contributed by atoms with Gasteiger partial charge >= 0.3 is 0 Å². The van der Waals surface area contributed by atoms with E-state index in [0.29, 0.717) is 17.4 Å². The van der Waals surface area contributed by atoms with Crippen LogP contribution in [0.2, 0.25) is 0 Å². The van der Waals surface area contributed by atoms with Crippen LogP contribution in [0.15, 0.2) is 0 Å². The topological polar surface area (TPSA) is 49.4 Å². The maximum Gasteiger partial charge on any atom is 0.153 e. The highest BCUT2D eigenvalue weighted by molar-refractivity contribution is 7.91. The van der Waals surface area contributed by atoms with E-state index in [-0.39, 0.29) is 12.1 Å². The first-order chi connectivity index (χ1) is 7.48. The lowest BCUT2D eigenvalue weighted by atomic mass is 10.0. The van der Waals surface area contributed by atoms with E-state index in [1.165, 1.54) is 0 Å². The molecule has 1 N–H and O–H groups in total. The molecular weight excluding hydrogens is 224 g/mol. The van der Waals surface area contributed by atoms with E-state index in [1.807, 2.05) is 0 Å². The van der Waals surface area contributed by atoms with Crippen molar-refractivity contribution in [3.05, 3.63) is 0 Å². The normalized spacial score (nSPS) is 34.2. The summed E-state index contributed by atoms with van der Waals surface area (Å²) in [6.07, 6.45) is 1.16. The number of nitrogens with zero attached hydrogens (tertiary/aromatic N) is 1. The van der Waals surface area contributed by atoms with Crippen LogP contribution in [-0.4, -0.2) is 56.5 Å². The van der Waals surface area contributed by atoms with E-state index >= 15 is 0 Å². The number of fused-ring (bicyclic) bond motifs is 1. The summed E-state index contributed by atoms with van der Waals surface area (Å²) in [4.78, 5) is 2.37. The summed E-state index contributed by atoms with van der Waals surface area (Å²) >= 11 is 0. The molecule has 2 aliphatic heterocycles. The molecule has 2 atom stereocenters. The second-order valence-electron chi connectivity index (χ2n) is 5.42. The Hall–Kier alpha value is -0.130. The van der Waals surface area contributed by atoms with Crippen LogP contribution in [0.25, 0.3) is 0 Å². The van der Waals surface area contributed by atoms with E-state index in [0.717, 1.165) is 26.1 Å². The van der Waals surface area contributed by atoms with Gasteiger partial charge in [-0.1, -0.05) is 13.8 Å². The summed E-state index contributed by atoms with van der Waals surface area (Å²) in [7, 11) is -2.80. The zero-order valence-corrected chi connectivity index (χ0v) is 11.0. The molecule has 2 aliphatic rings. The molecule has 0 aliphatic carbocycles. The number of hydrogen-bond donors (Lipinski definition) is 1. The lowest BCUT2D eigenvalue weighted by Gasteiger charge is -2.37. The fourth-order valence-corrected chi connectivity index (χ4v) is 4.63. The largest absolute Gasteiger partial charge is 0.310 e. The Morgan fingerprint density at radius 2 is 2.12 bits per heavy atom. The van der Waals surface area contributed by atoms with Crippen molar-refractivity contribution in [2.75, 3.05) is 31.1 Å². The van der Waals surface area contributed by atoms with Crippen molar-refractivity contribution in [2.45, 2.75) is 32.4 Å². The van der Waals surface area contributed by atoms with Crippen LogP contribution in [0.5, 0.6) is 0 Å². The van der Waals surface area contributed by atoms with Gasteiger partial charge in [0.05, 0.1) is 11.5 Å². The van der Waals surface area contributed by atoms with E-state index in [4.69, 9.17) is 0 Å². The Bertz CT molecular complexity index is 340. The Balaban J connectivity index is 1.99. The molecule has 0 radical (unpaired) electrons. The average Bonchev–Trinajstić information content (AvgIpc) is 2.48. The van der Waals surface area contributed by atoms with Gasteiger partial charge in [0, 0.05) is 25.2 Å². The van der Waals surface area contributed by atoms with Crippen molar-refractivity contribution >= 4 is 9.84 Å². The third-order valence-electron chi connectivity index (χ3n) is 3.59. The molecule has 2 heterocycles. The number of hydrogen-bond acceptors (Lipinski definition) is 4. The van der Waals surface area contributed by atoms with Crippen LogP contribution in [-0.2, 0) is 9.84 Å². The van der Waals surface area contributed by atoms with Gasteiger partial charge in [-0.3, -0.25) is 4.90 Å². The molecule has 0 amide bonds. The minimum Gasteiger partial charge on any atom is -0.310 e. The molecule has 0 aromatic rings. The van der Waals surface area contributed by atoms with Crippen LogP contribution in [0.3, 0.4) is 0 Å². The van der Waals surface area contributed by atoms with Gasteiger partial charge in [-0.15, -0.1) is 0 Å². The highest BCUT2D eigenvalue weighted by atomic mass is 32.2.